The van der Waals surface area contributed by atoms with E-state index in [2.05, 4.69) is 10.0 Å². The van der Waals surface area contributed by atoms with Crippen molar-refractivity contribution in [2.24, 2.45) is 0 Å². The molecular formula is C18H20N2O5S. The number of benzene rings is 2. The molecule has 0 bridgehead atoms. The minimum atomic E-state index is -3.80. The third-order valence-electron chi connectivity index (χ3n) is 3.66. The van der Waals surface area contributed by atoms with Gasteiger partial charge in [-0.25, -0.2) is 8.42 Å². The number of hydrogen-bond acceptors (Lipinski definition) is 4. The zero-order valence-corrected chi connectivity index (χ0v) is 15.3. The van der Waals surface area contributed by atoms with Crippen molar-refractivity contribution in [2.45, 2.75) is 31.6 Å². The number of hydrogen-bond donors (Lipinski definition) is 3. The lowest BCUT2D eigenvalue weighted by Gasteiger charge is -2.12. The smallest absolute Gasteiger partial charge is 0.303 e. The van der Waals surface area contributed by atoms with Gasteiger partial charge in [0, 0.05) is 19.0 Å². The maximum atomic E-state index is 12.5. The zero-order valence-electron chi connectivity index (χ0n) is 14.4. The summed E-state index contributed by atoms with van der Waals surface area (Å²) in [5.74, 6) is -1.15. The van der Waals surface area contributed by atoms with E-state index in [1.54, 1.807) is 37.3 Å². The monoisotopic (exact) mass is 376 g/mol. The molecule has 0 unspecified atom stereocenters. The molecule has 2 aromatic carbocycles. The van der Waals surface area contributed by atoms with Crippen molar-refractivity contribution in [1.82, 2.24) is 0 Å². The van der Waals surface area contributed by atoms with Gasteiger partial charge in [0.25, 0.3) is 10.0 Å². The molecule has 0 saturated carbocycles. The molecule has 7 nitrogen and oxygen atoms in total. The van der Waals surface area contributed by atoms with E-state index in [0.29, 0.717) is 17.8 Å². The van der Waals surface area contributed by atoms with Gasteiger partial charge in [-0.05, 0) is 48.7 Å². The van der Waals surface area contributed by atoms with Crippen molar-refractivity contribution in [3.8, 4) is 0 Å². The lowest BCUT2D eigenvalue weighted by Crippen LogP contribution is -2.14. The summed E-state index contributed by atoms with van der Waals surface area (Å²) < 4.78 is 27.5. The van der Waals surface area contributed by atoms with Crippen molar-refractivity contribution >= 4 is 33.3 Å². The third kappa shape index (κ3) is 5.32. The maximum absolute atomic E-state index is 12.5. The van der Waals surface area contributed by atoms with Gasteiger partial charge < -0.3 is 10.4 Å². The molecule has 1 amide bonds. The number of nitrogens with one attached hydrogen (secondary N) is 2. The highest BCUT2D eigenvalue weighted by molar-refractivity contribution is 7.92. The lowest BCUT2D eigenvalue weighted by atomic mass is 10.1. The average molecular weight is 376 g/mol. The molecule has 0 atom stereocenters. The second-order valence-electron chi connectivity index (χ2n) is 5.85. The van der Waals surface area contributed by atoms with Gasteiger partial charge >= 0.3 is 5.97 Å². The first-order chi connectivity index (χ1) is 12.2. The van der Waals surface area contributed by atoms with E-state index in [1.807, 2.05) is 0 Å². The van der Waals surface area contributed by atoms with E-state index in [4.69, 9.17) is 5.11 Å². The van der Waals surface area contributed by atoms with E-state index >= 15 is 0 Å². The van der Waals surface area contributed by atoms with Gasteiger partial charge in [-0.2, -0.15) is 0 Å². The first-order valence-electron chi connectivity index (χ1n) is 7.89. The zero-order chi connectivity index (χ0) is 19.3. The normalized spacial score (nSPS) is 11.0. The van der Waals surface area contributed by atoms with Crippen LogP contribution in [0.3, 0.4) is 0 Å². The Morgan fingerprint density at radius 2 is 1.73 bits per heavy atom. The van der Waals surface area contributed by atoms with Gasteiger partial charge in [-0.1, -0.05) is 18.2 Å². The van der Waals surface area contributed by atoms with Crippen LogP contribution in [-0.4, -0.2) is 25.4 Å². The van der Waals surface area contributed by atoms with Gasteiger partial charge in [-0.3, -0.25) is 14.3 Å². The van der Waals surface area contributed by atoms with E-state index in [0.717, 1.165) is 11.1 Å². The van der Waals surface area contributed by atoms with Crippen LogP contribution in [0.25, 0.3) is 0 Å². The molecule has 2 rings (SSSR count). The molecule has 0 radical (unpaired) electrons. The van der Waals surface area contributed by atoms with Crippen molar-refractivity contribution < 1.29 is 23.1 Å². The summed E-state index contributed by atoms with van der Waals surface area (Å²) in [6.45, 7) is 3.18. The number of carbonyl (C=O) groups is 2. The van der Waals surface area contributed by atoms with Crippen LogP contribution in [0, 0.1) is 6.92 Å². The maximum Gasteiger partial charge on any atom is 0.303 e. The number of carbonyl (C=O) groups excluding carboxylic acids is 1. The van der Waals surface area contributed by atoms with Crippen LogP contribution in [0.1, 0.15) is 24.5 Å². The van der Waals surface area contributed by atoms with Gasteiger partial charge in [0.05, 0.1) is 10.6 Å². The molecule has 8 heteroatoms. The molecule has 0 aromatic heterocycles. The summed E-state index contributed by atoms with van der Waals surface area (Å²) >= 11 is 0. The quantitative estimate of drug-likeness (QED) is 0.688. The number of amides is 1. The molecule has 2 aromatic rings. The predicted molar refractivity (Wildman–Crippen MR) is 98.7 cm³/mol. The first-order valence-corrected chi connectivity index (χ1v) is 9.37. The molecule has 0 aliphatic rings. The highest BCUT2D eigenvalue weighted by atomic mass is 32.2. The Bertz CT molecular complexity index is 921. The van der Waals surface area contributed by atoms with Crippen molar-refractivity contribution in [3.63, 3.8) is 0 Å². The second-order valence-corrected chi connectivity index (χ2v) is 7.54. The van der Waals surface area contributed by atoms with Gasteiger partial charge in [0.2, 0.25) is 5.91 Å². The Morgan fingerprint density at radius 3 is 2.31 bits per heavy atom. The Balaban J connectivity index is 2.18. The minimum absolute atomic E-state index is 0.0142. The van der Waals surface area contributed by atoms with Crippen LogP contribution in [-0.2, 0) is 26.0 Å². The average Bonchev–Trinajstić information content (AvgIpc) is 2.55. The van der Waals surface area contributed by atoms with E-state index < -0.39 is 16.0 Å². The van der Waals surface area contributed by atoms with Crippen LogP contribution in [0.2, 0.25) is 0 Å². The van der Waals surface area contributed by atoms with Crippen LogP contribution in [0.15, 0.2) is 47.4 Å². The number of anilines is 2. The SMILES string of the molecule is CC(=O)Nc1cc(NS(=O)(=O)c2ccc(CCC(=O)O)cc2)ccc1C. The van der Waals surface area contributed by atoms with Crippen LogP contribution in [0.5, 0.6) is 0 Å². The topological polar surface area (TPSA) is 113 Å². The Labute approximate surface area is 152 Å². The summed E-state index contributed by atoms with van der Waals surface area (Å²) in [7, 11) is -3.80. The summed E-state index contributed by atoms with van der Waals surface area (Å²) in [6, 6.07) is 10.9. The molecule has 0 aliphatic heterocycles. The van der Waals surface area contributed by atoms with Crippen molar-refractivity contribution in [3.05, 3.63) is 53.6 Å². The molecule has 0 saturated heterocycles. The number of sulfonamides is 1. The van der Waals surface area contributed by atoms with E-state index in [1.165, 1.54) is 19.1 Å². The largest absolute Gasteiger partial charge is 0.481 e. The van der Waals surface area contributed by atoms with Gasteiger partial charge in [-0.15, -0.1) is 0 Å². The Hall–Kier alpha value is -2.87. The number of rotatable bonds is 7. The Morgan fingerprint density at radius 1 is 1.08 bits per heavy atom. The fourth-order valence-electron chi connectivity index (χ4n) is 2.31. The fourth-order valence-corrected chi connectivity index (χ4v) is 3.36. The number of carboxylic acid groups (broad SMARTS) is 1. The molecular weight excluding hydrogens is 356 g/mol. The number of aryl methyl sites for hydroxylation is 2. The van der Waals surface area contributed by atoms with E-state index in [-0.39, 0.29) is 17.2 Å². The third-order valence-corrected chi connectivity index (χ3v) is 5.06. The molecule has 0 spiro atoms. The van der Waals surface area contributed by atoms with Crippen LogP contribution in [0.4, 0.5) is 11.4 Å². The first kappa shape index (κ1) is 19.5. The lowest BCUT2D eigenvalue weighted by molar-refractivity contribution is -0.137. The van der Waals surface area contributed by atoms with Crippen molar-refractivity contribution in [1.29, 1.82) is 0 Å². The molecule has 0 aliphatic carbocycles. The standard InChI is InChI=1S/C18H20N2O5S/c1-12-3-7-15(11-17(12)19-13(2)21)20-26(24,25)16-8-4-14(5-9-16)6-10-18(22)23/h3-5,7-9,11,20H,6,10H2,1-2H3,(H,19,21)(H,22,23). The minimum Gasteiger partial charge on any atom is -0.481 e. The highest BCUT2D eigenvalue weighted by Crippen LogP contribution is 2.23. The molecule has 26 heavy (non-hydrogen) atoms. The molecule has 0 heterocycles. The molecule has 138 valence electrons. The predicted octanol–water partition coefficient (Wildman–Crippen LogP) is 2.77. The van der Waals surface area contributed by atoms with Gasteiger partial charge in [0.15, 0.2) is 0 Å². The van der Waals surface area contributed by atoms with Gasteiger partial charge in [0.1, 0.15) is 0 Å². The summed E-state index contributed by atoms with van der Waals surface area (Å²) in [4.78, 5) is 21.9. The molecule has 0 fully saturated rings. The molecule has 3 N–H and O–H groups in total. The Kier molecular flexibility index (Phi) is 5.99. The van der Waals surface area contributed by atoms with Crippen LogP contribution < -0.4 is 10.0 Å². The number of aliphatic carboxylic acids is 1. The number of carboxylic acids is 1. The fraction of sp³-hybridized carbons (Fsp3) is 0.222. The van der Waals surface area contributed by atoms with E-state index in [9.17, 15) is 18.0 Å². The second kappa shape index (κ2) is 8.01. The summed E-state index contributed by atoms with van der Waals surface area (Å²) in [5.41, 5.74) is 2.41. The summed E-state index contributed by atoms with van der Waals surface area (Å²) in [6.07, 6.45) is 0.320. The van der Waals surface area contributed by atoms with Crippen LogP contribution >= 0.6 is 0 Å². The van der Waals surface area contributed by atoms with Crippen molar-refractivity contribution in [2.75, 3.05) is 10.0 Å². The summed E-state index contributed by atoms with van der Waals surface area (Å²) in [5, 5.41) is 11.3. The highest BCUT2D eigenvalue weighted by Gasteiger charge is 2.15.